The fraction of sp³-hybridized carbons (Fsp3) is 0.923. The van der Waals surface area contributed by atoms with Crippen molar-refractivity contribution in [3.63, 3.8) is 0 Å². The van der Waals surface area contributed by atoms with Gasteiger partial charge >= 0.3 is 0 Å². The second-order valence-corrected chi connectivity index (χ2v) is 4.94. The summed E-state index contributed by atoms with van der Waals surface area (Å²) in [6.45, 7) is 2.35. The third kappa shape index (κ3) is 3.78. The van der Waals surface area contributed by atoms with Crippen molar-refractivity contribution < 1.29 is 9.90 Å². The SMILES string of the molecule is CCCC(=O)N(C)C1CCC(CCO)CC1. The zero-order valence-electron chi connectivity index (χ0n) is 10.6. The van der Waals surface area contributed by atoms with E-state index in [9.17, 15) is 4.79 Å². The molecule has 0 heterocycles. The molecule has 0 aromatic carbocycles. The zero-order chi connectivity index (χ0) is 12.0. The van der Waals surface area contributed by atoms with E-state index in [1.165, 1.54) is 0 Å². The number of carbonyl (C=O) groups is 1. The molecule has 1 rings (SSSR count). The van der Waals surface area contributed by atoms with Crippen molar-refractivity contribution in [2.75, 3.05) is 13.7 Å². The molecule has 16 heavy (non-hydrogen) atoms. The average molecular weight is 227 g/mol. The number of aliphatic hydroxyl groups is 1. The molecule has 0 aromatic rings. The Balaban J connectivity index is 2.32. The van der Waals surface area contributed by atoms with Gasteiger partial charge in [0, 0.05) is 26.1 Å². The molecule has 1 aliphatic rings. The van der Waals surface area contributed by atoms with Crippen LogP contribution in [0.3, 0.4) is 0 Å². The van der Waals surface area contributed by atoms with Crippen molar-refractivity contribution in [2.45, 2.75) is 57.9 Å². The van der Waals surface area contributed by atoms with Gasteiger partial charge in [0.05, 0.1) is 0 Å². The van der Waals surface area contributed by atoms with Crippen LogP contribution in [0.5, 0.6) is 0 Å². The lowest BCUT2D eigenvalue weighted by atomic mass is 9.83. The first-order chi connectivity index (χ1) is 7.69. The van der Waals surface area contributed by atoms with Gasteiger partial charge < -0.3 is 10.0 Å². The van der Waals surface area contributed by atoms with Crippen molar-refractivity contribution >= 4 is 5.91 Å². The second-order valence-electron chi connectivity index (χ2n) is 4.94. The minimum Gasteiger partial charge on any atom is -0.396 e. The van der Waals surface area contributed by atoms with E-state index in [-0.39, 0.29) is 5.91 Å². The lowest BCUT2D eigenvalue weighted by Crippen LogP contribution is -2.39. The van der Waals surface area contributed by atoms with Crippen LogP contribution in [0, 0.1) is 5.92 Å². The van der Waals surface area contributed by atoms with Crippen LogP contribution in [0.4, 0.5) is 0 Å². The molecule has 3 heteroatoms. The van der Waals surface area contributed by atoms with Crippen LogP contribution in [0.25, 0.3) is 0 Å². The normalized spacial score (nSPS) is 25.4. The van der Waals surface area contributed by atoms with Crippen molar-refractivity contribution in [3.8, 4) is 0 Å². The predicted octanol–water partition coefficient (Wildman–Crippen LogP) is 2.19. The summed E-state index contributed by atoms with van der Waals surface area (Å²) < 4.78 is 0. The molecule has 94 valence electrons. The molecule has 1 N–H and O–H groups in total. The minimum atomic E-state index is 0.285. The van der Waals surface area contributed by atoms with Crippen LogP contribution >= 0.6 is 0 Å². The van der Waals surface area contributed by atoms with Gasteiger partial charge in [0.25, 0.3) is 0 Å². The number of rotatable bonds is 5. The van der Waals surface area contributed by atoms with Crippen LogP contribution in [-0.4, -0.2) is 35.6 Å². The Hall–Kier alpha value is -0.570. The number of hydrogen-bond donors (Lipinski definition) is 1. The first kappa shape index (κ1) is 13.5. The summed E-state index contributed by atoms with van der Waals surface area (Å²) in [5.41, 5.74) is 0. The van der Waals surface area contributed by atoms with Crippen molar-refractivity contribution in [3.05, 3.63) is 0 Å². The topological polar surface area (TPSA) is 40.5 Å². The Morgan fingerprint density at radius 2 is 1.94 bits per heavy atom. The summed E-state index contributed by atoms with van der Waals surface area (Å²) >= 11 is 0. The lowest BCUT2D eigenvalue weighted by Gasteiger charge is -2.34. The number of amides is 1. The molecule has 1 fully saturated rings. The Bertz CT molecular complexity index is 210. The Kier molecular flexibility index (Phi) is 5.81. The molecule has 1 saturated carbocycles. The van der Waals surface area contributed by atoms with E-state index in [4.69, 9.17) is 5.11 Å². The first-order valence-electron chi connectivity index (χ1n) is 6.55. The highest BCUT2D eigenvalue weighted by Crippen LogP contribution is 2.29. The third-order valence-electron chi connectivity index (χ3n) is 3.76. The molecule has 0 radical (unpaired) electrons. The zero-order valence-corrected chi connectivity index (χ0v) is 10.6. The fourth-order valence-corrected chi connectivity index (χ4v) is 2.60. The van der Waals surface area contributed by atoms with Gasteiger partial charge in [0.1, 0.15) is 0 Å². The van der Waals surface area contributed by atoms with E-state index in [1.807, 2.05) is 18.9 Å². The van der Waals surface area contributed by atoms with Gasteiger partial charge in [-0.05, 0) is 44.4 Å². The summed E-state index contributed by atoms with van der Waals surface area (Å²) in [7, 11) is 1.94. The molecule has 1 amide bonds. The number of hydrogen-bond acceptors (Lipinski definition) is 2. The highest BCUT2D eigenvalue weighted by Gasteiger charge is 2.25. The maximum Gasteiger partial charge on any atom is 0.222 e. The molecule has 0 bridgehead atoms. The van der Waals surface area contributed by atoms with E-state index in [2.05, 4.69) is 0 Å². The van der Waals surface area contributed by atoms with E-state index < -0.39 is 0 Å². The van der Waals surface area contributed by atoms with Crippen molar-refractivity contribution in [1.82, 2.24) is 4.90 Å². The van der Waals surface area contributed by atoms with E-state index in [0.717, 1.165) is 38.5 Å². The maximum absolute atomic E-state index is 11.7. The smallest absolute Gasteiger partial charge is 0.222 e. The molecule has 3 nitrogen and oxygen atoms in total. The molecule has 0 aromatic heterocycles. The van der Waals surface area contributed by atoms with Gasteiger partial charge in [-0.15, -0.1) is 0 Å². The number of carbonyl (C=O) groups excluding carboxylic acids is 1. The maximum atomic E-state index is 11.7. The minimum absolute atomic E-state index is 0.285. The van der Waals surface area contributed by atoms with Gasteiger partial charge in [-0.3, -0.25) is 4.79 Å². The lowest BCUT2D eigenvalue weighted by molar-refractivity contribution is -0.132. The summed E-state index contributed by atoms with van der Waals surface area (Å²) in [4.78, 5) is 13.7. The van der Waals surface area contributed by atoms with Gasteiger partial charge in [-0.1, -0.05) is 6.92 Å². The van der Waals surface area contributed by atoms with Crippen LogP contribution in [0.15, 0.2) is 0 Å². The predicted molar refractivity (Wildman–Crippen MR) is 65.1 cm³/mol. The molecule has 0 unspecified atom stereocenters. The van der Waals surface area contributed by atoms with Gasteiger partial charge in [-0.25, -0.2) is 0 Å². The summed E-state index contributed by atoms with van der Waals surface area (Å²) in [5.74, 6) is 0.962. The first-order valence-corrected chi connectivity index (χ1v) is 6.55. The summed E-state index contributed by atoms with van der Waals surface area (Å²) in [6.07, 6.45) is 7.08. The molecule has 0 saturated heterocycles. The standard InChI is InChI=1S/C13H25NO2/c1-3-4-13(16)14(2)12-7-5-11(6-8-12)9-10-15/h11-12,15H,3-10H2,1-2H3. The Morgan fingerprint density at radius 1 is 1.31 bits per heavy atom. The van der Waals surface area contributed by atoms with Crippen LogP contribution in [0.1, 0.15) is 51.9 Å². The monoisotopic (exact) mass is 227 g/mol. The number of nitrogens with zero attached hydrogens (tertiary/aromatic N) is 1. The van der Waals surface area contributed by atoms with E-state index in [0.29, 0.717) is 25.0 Å². The highest BCUT2D eigenvalue weighted by molar-refractivity contribution is 5.76. The van der Waals surface area contributed by atoms with Gasteiger partial charge in [0.15, 0.2) is 0 Å². The van der Waals surface area contributed by atoms with Gasteiger partial charge in [-0.2, -0.15) is 0 Å². The molecular formula is C13H25NO2. The van der Waals surface area contributed by atoms with Crippen LogP contribution < -0.4 is 0 Å². The molecule has 0 aliphatic heterocycles. The molecule has 0 spiro atoms. The fourth-order valence-electron chi connectivity index (χ4n) is 2.60. The Labute approximate surface area is 98.8 Å². The van der Waals surface area contributed by atoms with Crippen molar-refractivity contribution in [1.29, 1.82) is 0 Å². The average Bonchev–Trinajstić information content (AvgIpc) is 2.30. The van der Waals surface area contributed by atoms with E-state index >= 15 is 0 Å². The quantitative estimate of drug-likeness (QED) is 0.782. The summed E-state index contributed by atoms with van der Waals surface area (Å²) in [5, 5.41) is 8.89. The summed E-state index contributed by atoms with van der Waals surface area (Å²) in [6, 6.07) is 0.439. The third-order valence-corrected chi connectivity index (χ3v) is 3.76. The number of aliphatic hydroxyl groups excluding tert-OH is 1. The van der Waals surface area contributed by atoms with Crippen LogP contribution in [-0.2, 0) is 4.79 Å². The molecular weight excluding hydrogens is 202 g/mol. The van der Waals surface area contributed by atoms with Gasteiger partial charge in [0.2, 0.25) is 5.91 Å². The second kappa shape index (κ2) is 6.89. The largest absolute Gasteiger partial charge is 0.396 e. The molecule has 1 aliphatic carbocycles. The molecule has 0 atom stereocenters. The highest BCUT2D eigenvalue weighted by atomic mass is 16.3. The van der Waals surface area contributed by atoms with Crippen LogP contribution in [0.2, 0.25) is 0 Å². The van der Waals surface area contributed by atoms with E-state index in [1.54, 1.807) is 0 Å². The Morgan fingerprint density at radius 3 is 2.44 bits per heavy atom. The van der Waals surface area contributed by atoms with Crippen molar-refractivity contribution in [2.24, 2.45) is 5.92 Å².